The number of nitrogens with two attached hydrogens (primary N) is 1. The Labute approximate surface area is 111 Å². The van der Waals surface area contributed by atoms with Crippen molar-refractivity contribution in [1.29, 1.82) is 0 Å². The first kappa shape index (κ1) is 13.4. The second-order valence-corrected chi connectivity index (χ2v) is 5.64. The monoisotopic (exact) mass is 247 g/mol. The molecular formula is C16H25NO. The maximum Gasteiger partial charge on any atom is 0.122 e. The zero-order valence-corrected chi connectivity index (χ0v) is 11.6. The molecule has 0 heterocycles. The second kappa shape index (κ2) is 6.24. The molecular weight excluding hydrogens is 222 g/mol. The molecule has 2 heteroatoms. The van der Waals surface area contributed by atoms with E-state index in [0.29, 0.717) is 12.5 Å². The molecule has 2 nitrogen and oxygen atoms in total. The van der Waals surface area contributed by atoms with E-state index in [4.69, 9.17) is 10.5 Å². The van der Waals surface area contributed by atoms with E-state index in [0.717, 1.165) is 5.75 Å². The fourth-order valence-corrected chi connectivity index (χ4v) is 2.75. The minimum absolute atomic E-state index is 0.185. The van der Waals surface area contributed by atoms with E-state index < -0.39 is 0 Å². The molecule has 2 N–H and O–H groups in total. The molecule has 0 bridgehead atoms. The Morgan fingerprint density at radius 1 is 1.22 bits per heavy atom. The van der Waals surface area contributed by atoms with E-state index in [2.05, 4.69) is 32.0 Å². The summed E-state index contributed by atoms with van der Waals surface area (Å²) in [6.07, 6.45) is 6.60. The lowest BCUT2D eigenvalue weighted by Crippen LogP contribution is -2.37. The lowest BCUT2D eigenvalue weighted by molar-refractivity contribution is 0.213. The molecule has 0 spiro atoms. The summed E-state index contributed by atoms with van der Waals surface area (Å²) in [5.74, 6) is 1.64. The first-order valence-electron chi connectivity index (χ1n) is 7.12. The van der Waals surface area contributed by atoms with Crippen molar-refractivity contribution in [3.8, 4) is 5.75 Å². The molecule has 0 saturated heterocycles. The fraction of sp³-hybridized carbons (Fsp3) is 0.625. The van der Waals surface area contributed by atoms with E-state index in [1.165, 1.54) is 43.2 Å². The van der Waals surface area contributed by atoms with Crippen molar-refractivity contribution in [2.75, 3.05) is 6.61 Å². The third kappa shape index (κ3) is 3.49. The SMILES string of the molecule is Cc1ccc(C)c(OCC(N)C2CCCCC2)c1. The molecule has 2 rings (SSSR count). The quantitative estimate of drug-likeness (QED) is 0.882. The Balaban J connectivity index is 1.88. The molecule has 1 aliphatic rings. The summed E-state index contributed by atoms with van der Waals surface area (Å²) in [6, 6.07) is 6.51. The van der Waals surface area contributed by atoms with Crippen molar-refractivity contribution in [2.24, 2.45) is 11.7 Å². The zero-order valence-electron chi connectivity index (χ0n) is 11.6. The molecule has 100 valence electrons. The first-order valence-corrected chi connectivity index (χ1v) is 7.12. The van der Waals surface area contributed by atoms with E-state index in [1.54, 1.807) is 0 Å². The van der Waals surface area contributed by atoms with Gasteiger partial charge >= 0.3 is 0 Å². The predicted octanol–water partition coefficient (Wildman–Crippen LogP) is 3.59. The Hall–Kier alpha value is -1.02. The molecule has 0 radical (unpaired) electrons. The van der Waals surface area contributed by atoms with Gasteiger partial charge in [0.2, 0.25) is 0 Å². The smallest absolute Gasteiger partial charge is 0.122 e. The summed E-state index contributed by atoms with van der Waals surface area (Å²) in [4.78, 5) is 0. The van der Waals surface area contributed by atoms with Crippen LogP contribution in [0.4, 0.5) is 0 Å². The number of benzene rings is 1. The molecule has 0 aromatic heterocycles. The van der Waals surface area contributed by atoms with Gasteiger partial charge in [-0.15, -0.1) is 0 Å². The van der Waals surface area contributed by atoms with Crippen LogP contribution in [0.1, 0.15) is 43.2 Å². The highest BCUT2D eigenvalue weighted by molar-refractivity contribution is 5.35. The van der Waals surface area contributed by atoms with Crippen LogP contribution in [-0.2, 0) is 0 Å². The van der Waals surface area contributed by atoms with Gasteiger partial charge < -0.3 is 10.5 Å². The third-order valence-corrected chi connectivity index (χ3v) is 4.03. The highest BCUT2D eigenvalue weighted by atomic mass is 16.5. The van der Waals surface area contributed by atoms with Crippen LogP contribution in [0.15, 0.2) is 18.2 Å². The van der Waals surface area contributed by atoms with Gasteiger partial charge in [-0.1, -0.05) is 31.4 Å². The molecule has 0 aliphatic heterocycles. The highest BCUT2D eigenvalue weighted by Crippen LogP contribution is 2.26. The summed E-state index contributed by atoms with van der Waals surface area (Å²) >= 11 is 0. The maximum absolute atomic E-state index is 6.26. The summed E-state index contributed by atoms with van der Waals surface area (Å²) in [6.45, 7) is 4.82. The van der Waals surface area contributed by atoms with E-state index in [-0.39, 0.29) is 6.04 Å². The van der Waals surface area contributed by atoms with Gasteiger partial charge in [0.1, 0.15) is 12.4 Å². The molecule has 1 unspecified atom stereocenters. The van der Waals surface area contributed by atoms with Gasteiger partial charge in [0.25, 0.3) is 0 Å². The largest absolute Gasteiger partial charge is 0.492 e. The van der Waals surface area contributed by atoms with Gasteiger partial charge in [0, 0.05) is 6.04 Å². The van der Waals surface area contributed by atoms with Crippen LogP contribution in [0, 0.1) is 19.8 Å². The van der Waals surface area contributed by atoms with Gasteiger partial charge in [0.15, 0.2) is 0 Å². The molecule has 1 aromatic rings. The molecule has 1 aliphatic carbocycles. The molecule has 1 aromatic carbocycles. The van der Waals surface area contributed by atoms with Crippen LogP contribution >= 0.6 is 0 Å². The van der Waals surface area contributed by atoms with Crippen LogP contribution in [-0.4, -0.2) is 12.6 Å². The van der Waals surface area contributed by atoms with Gasteiger partial charge in [-0.25, -0.2) is 0 Å². The van der Waals surface area contributed by atoms with Crippen molar-refractivity contribution in [2.45, 2.75) is 52.0 Å². The van der Waals surface area contributed by atoms with E-state index in [1.807, 2.05) is 0 Å². The van der Waals surface area contributed by atoms with Crippen LogP contribution in [0.3, 0.4) is 0 Å². The number of hydrogen-bond donors (Lipinski definition) is 1. The number of ether oxygens (including phenoxy) is 1. The lowest BCUT2D eigenvalue weighted by Gasteiger charge is -2.27. The van der Waals surface area contributed by atoms with Crippen LogP contribution in [0.25, 0.3) is 0 Å². The molecule has 1 saturated carbocycles. The standard InChI is InChI=1S/C16H25NO/c1-12-8-9-13(2)16(10-12)18-11-15(17)14-6-4-3-5-7-14/h8-10,14-15H,3-7,11,17H2,1-2H3. The minimum atomic E-state index is 0.185. The van der Waals surface area contributed by atoms with Crippen molar-refractivity contribution in [3.05, 3.63) is 29.3 Å². The molecule has 18 heavy (non-hydrogen) atoms. The normalized spacial score (nSPS) is 18.6. The van der Waals surface area contributed by atoms with E-state index in [9.17, 15) is 0 Å². The van der Waals surface area contributed by atoms with Crippen molar-refractivity contribution >= 4 is 0 Å². The Morgan fingerprint density at radius 2 is 1.94 bits per heavy atom. The number of rotatable bonds is 4. The van der Waals surface area contributed by atoms with Crippen molar-refractivity contribution in [3.63, 3.8) is 0 Å². The second-order valence-electron chi connectivity index (χ2n) is 5.64. The average Bonchev–Trinajstić information content (AvgIpc) is 2.40. The maximum atomic E-state index is 6.26. The Morgan fingerprint density at radius 3 is 2.67 bits per heavy atom. The Bertz CT molecular complexity index is 383. The summed E-state index contributed by atoms with van der Waals surface area (Å²) in [5.41, 5.74) is 8.69. The summed E-state index contributed by atoms with van der Waals surface area (Å²) < 4.78 is 5.91. The van der Waals surface area contributed by atoms with Crippen LogP contribution in [0.2, 0.25) is 0 Å². The molecule has 1 atom stereocenters. The topological polar surface area (TPSA) is 35.2 Å². The first-order chi connectivity index (χ1) is 8.66. The number of hydrogen-bond acceptors (Lipinski definition) is 2. The van der Waals surface area contributed by atoms with Gasteiger partial charge in [-0.2, -0.15) is 0 Å². The van der Waals surface area contributed by atoms with Crippen molar-refractivity contribution in [1.82, 2.24) is 0 Å². The zero-order chi connectivity index (χ0) is 13.0. The summed E-state index contributed by atoms with van der Waals surface area (Å²) in [5, 5.41) is 0. The third-order valence-electron chi connectivity index (χ3n) is 4.03. The van der Waals surface area contributed by atoms with Gasteiger partial charge in [-0.3, -0.25) is 0 Å². The summed E-state index contributed by atoms with van der Waals surface area (Å²) in [7, 11) is 0. The predicted molar refractivity (Wildman–Crippen MR) is 76.0 cm³/mol. The molecule has 1 fully saturated rings. The van der Waals surface area contributed by atoms with Crippen LogP contribution < -0.4 is 10.5 Å². The van der Waals surface area contributed by atoms with E-state index >= 15 is 0 Å². The number of aryl methyl sites for hydroxylation is 2. The van der Waals surface area contributed by atoms with Crippen LogP contribution in [0.5, 0.6) is 5.75 Å². The average molecular weight is 247 g/mol. The highest BCUT2D eigenvalue weighted by Gasteiger charge is 2.21. The van der Waals surface area contributed by atoms with Gasteiger partial charge in [-0.05, 0) is 49.8 Å². The lowest BCUT2D eigenvalue weighted by atomic mass is 9.84. The fourth-order valence-electron chi connectivity index (χ4n) is 2.75. The van der Waals surface area contributed by atoms with Gasteiger partial charge in [0.05, 0.1) is 0 Å². The Kier molecular flexibility index (Phi) is 4.65. The van der Waals surface area contributed by atoms with Crippen molar-refractivity contribution < 1.29 is 4.74 Å². The molecule has 0 amide bonds. The minimum Gasteiger partial charge on any atom is -0.492 e.